The highest BCUT2D eigenvalue weighted by molar-refractivity contribution is 4.98. The van der Waals surface area contributed by atoms with E-state index in [4.69, 9.17) is 9.47 Å². The fourth-order valence-electron chi connectivity index (χ4n) is 3.82. The van der Waals surface area contributed by atoms with Gasteiger partial charge in [0, 0.05) is 32.0 Å². The summed E-state index contributed by atoms with van der Waals surface area (Å²) in [5.41, 5.74) is -0.0436. The van der Waals surface area contributed by atoms with Crippen molar-refractivity contribution in [1.29, 1.82) is 0 Å². The second kappa shape index (κ2) is 9.09. The van der Waals surface area contributed by atoms with Gasteiger partial charge in [0.1, 0.15) is 0 Å². The van der Waals surface area contributed by atoms with E-state index in [1.54, 1.807) is 0 Å². The molecular formula is C17H33NO3. The Morgan fingerprint density at radius 2 is 2.10 bits per heavy atom. The zero-order valence-electron chi connectivity index (χ0n) is 13.6. The number of aliphatic hydroxyl groups is 1. The van der Waals surface area contributed by atoms with Crippen molar-refractivity contribution in [2.24, 2.45) is 11.8 Å². The van der Waals surface area contributed by atoms with Crippen LogP contribution in [0.25, 0.3) is 0 Å². The van der Waals surface area contributed by atoms with Crippen LogP contribution in [0.4, 0.5) is 0 Å². The van der Waals surface area contributed by atoms with E-state index in [2.05, 4.69) is 12.2 Å². The summed E-state index contributed by atoms with van der Waals surface area (Å²) in [6.45, 7) is 6.94. The molecule has 1 saturated heterocycles. The van der Waals surface area contributed by atoms with Crippen LogP contribution in [0, 0.1) is 11.8 Å². The molecule has 1 saturated carbocycles. The second-order valence-electron chi connectivity index (χ2n) is 6.75. The highest BCUT2D eigenvalue weighted by Crippen LogP contribution is 2.37. The number of hydrogen-bond donors (Lipinski definition) is 2. The molecule has 2 N–H and O–H groups in total. The molecule has 0 aromatic heterocycles. The highest BCUT2D eigenvalue weighted by Gasteiger charge is 2.41. The van der Waals surface area contributed by atoms with Crippen molar-refractivity contribution < 1.29 is 14.6 Å². The average Bonchev–Trinajstić information content (AvgIpc) is 2.94. The first kappa shape index (κ1) is 17.2. The van der Waals surface area contributed by atoms with Crippen LogP contribution >= 0.6 is 0 Å². The van der Waals surface area contributed by atoms with Crippen molar-refractivity contribution in [3.05, 3.63) is 0 Å². The van der Waals surface area contributed by atoms with Crippen LogP contribution in [0.5, 0.6) is 0 Å². The molecule has 2 atom stereocenters. The van der Waals surface area contributed by atoms with Gasteiger partial charge in [0.05, 0.1) is 6.61 Å². The van der Waals surface area contributed by atoms with Gasteiger partial charge in [-0.1, -0.05) is 13.3 Å². The number of nitrogens with one attached hydrogen (secondary N) is 1. The molecule has 2 unspecified atom stereocenters. The van der Waals surface area contributed by atoms with Gasteiger partial charge in [-0.25, -0.2) is 0 Å². The molecule has 2 rings (SSSR count). The third-order valence-corrected chi connectivity index (χ3v) is 5.27. The Balaban J connectivity index is 1.68. The summed E-state index contributed by atoms with van der Waals surface area (Å²) >= 11 is 0. The van der Waals surface area contributed by atoms with Gasteiger partial charge in [0.25, 0.3) is 0 Å². The minimum Gasteiger partial charge on any atom is -0.394 e. The van der Waals surface area contributed by atoms with Gasteiger partial charge in [0.15, 0.2) is 0 Å². The zero-order chi connectivity index (χ0) is 15.0. The maximum absolute atomic E-state index is 9.86. The van der Waals surface area contributed by atoms with Crippen molar-refractivity contribution >= 4 is 0 Å². The summed E-state index contributed by atoms with van der Waals surface area (Å²) in [4.78, 5) is 0. The molecule has 4 heteroatoms. The van der Waals surface area contributed by atoms with Crippen LogP contribution in [0.2, 0.25) is 0 Å². The van der Waals surface area contributed by atoms with E-state index in [-0.39, 0.29) is 12.1 Å². The molecule has 0 amide bonds. The smallest absolute Gasteiger partial charge is 0.0616 e. The molecule has 2 aliphatic rings. The van der Waals surface area contributed by atoms with Crippen LogP contribution in [-0.2, 0) is 9.47 Å². The Hall–Kier alpha value is -0.160. The van der Waals surface area contributed by atoms with E-state index in [1.807, 2.05) is 0 Å². The number of aliphatic hydroxyl groups excluding tert-OH is 1. The first-order chi connectivity index (χ1) is 10.3. The van der Waals surface area contributed by atoms with E-state index in [1.165, 1.54) is 12.8 Å². The largest absolute Gasteiger partial charge is 0.394 e. The first-order valence-corrected chi connectivity index (χ1v) is 8.82. The van der Waals surface area contributed by atoms with Crippen LogP contribution in [0.3, 0.4) is 0 Å². The van der Waals surface area contributed by atoms with E-state index in [9.17, 15) is 5.11 Å². The van der Waals surface area contributed by atoms with Gasteiger partial charge < -0.3 is 19.9 Å². The van der Waals surface area contributed by atoms with Crippen LogP contribution in [-0.4, -0.2) is 50.2 Å². The van der Waals surface area contributed by atoms with E-state index >= 15 is 0 Å². The van der Waals surface area contributed by atoms with Crippen molar-refractivity contribution in [3.63, 3.8) is 0 Å². The quantitative estimate of drug-likeness (QED) is 0.642. The van der Waals surface area contributed by atoms with E-state index in [0.29, 0.717) is 11.8 Å². The highest BCUT2D eigenvalue weighted by atomic mass is 16.5. The van der Waals surface area contributed by atoms with Crippen molar-refractivity contribution in [2.75, 3.05) is 39.6 Å². The second-order valence-corrected chi connectivity index (χ2v) is 6.75. The minimum absolute atomic E-state index is 0.0436. The minimum atomic E-state index is -0.0436. The van der Waals surface area contributed by atoms with Crippen LogP contribution < -0.4 is 5.32 Å². The molecule has 2 fully saturated rings. The molecule has 0 radical (unpaired) electrons. The molecule has 1 aliphatic carbocycles. The predicted octanol–water partition coefficient (Wildman–Crippen LogP) is 2.35. The summed E-state index contributed by atoms with van der Waals surface area (Å²) in [6, 6.07) is 0. The first-order valence-electron chi connectivity index (χ1n) is 8.82. The molecule has 0 bridgehead atoms. The van der Waals surface area contributed by atoms with Gasteiger partial charge >= 0.3 is 0 Å². The maximum atomic E-state index is 9.86. The fraction of sp³-hybridized carbons (Fsp3) is 1.00. The monoisotopic (exact) mass is 299 g/mol. The predicted molar refractivity (Wildman–Crippen MR) is 84.4 cm³/mol. The summed E-state index contributed by atoms with van der Waals surface area (Å²) < 4.78 is 11.3. The summed E-state index contributed by atoms with van der Waals surface area (Å²) in [6.07, 6.45) is 8.02. The lowest BCUT2D eigenvalue weighted by molar-refractivity contribution is 0.0133. The molecule has 21 heavy (non-hydrogen) atoms. The van der Waals surface area contributed by atoms with Gasteiger partial charge in [-0.3, -0.25) is 0 Å². The average molecular weight is 299 g/mol. The molecule has 0 aromatic rings. The summed E-state index contributed by atoms with van der Waals surface area (Å²) in [5.74, 6) is 1.24. The Labute approximate surface area is 129 Å². The molecule has 0 spiro atoms. The van der Waals surface area contributed by atoms with Gasteiger partial charge in [-0.2, -0.15) is 0 Å². The Morgan fingerprint density at radius 1 is 1.29 bits per heavy atom. The van der Waals surface area contributed by atoms with Crippen molar-refractivity contribution in [2.45, 2.75) is 57.4 Å². The Bertz CT molecular complexity index is 281. The molecular weight excluding hydrogens is 266 g/mol. The van der Waals surface area contributed by atoms with Gasteiger partial charge in [-0.05, 0) is 56.9 Å². The van der Waals surface area contributed by atoms with E-state index in [0.717, 1.165) is 65.1 Å². The SMILES string of the molecule is CCCNC1(CO)CCCC1CCOCC1CCOCC1. The Morgan fingerprint density at radius 3 is 2.81 bits per heavy atom. The van der Waals surface area contributed by atoms with Crippen LogP contribution in [0.1, 0.15) is 51.9 Å². The molecule has 0 aromatic carbocycles. The number of hydrogen-bond acceptors (Lipinski definition) is 4. The number of rotatable bonds is 9. The maximum Gasteiger partial charge on any atom is 0.0616 e. The normalized spacial score (nSPS) is 30.9. The van der Waals surface area contributed by atoms with Crippen molar-refractivity contribution in [3.8, 4) is 0 Å². The van der Waals surface area contributed by atoms with Crippen molar-refractivity contribution in [1.82, 2.24) is 5.32 Å². The third kappa shape index (κ3) is 4.92. The molecule has 1 aliphatic heterocycles. The summed E-state index contributed by atoms with van der Waals surface area (Å²) in [5, 5.41) is 13.5. The number of ether oxygens (including phenoxy) is 2. The summed E-state index contributed by atoms with van der Waals surface area (Å²) in [7, 11) is 0. The third-order valence-electron chi connectivity index (χ3n) is 5.27. The molecule has 124 valence electrons. The fourth-order valence-corrected chi connectivity index (χ4v) is 3.82. The topological polar surface area (TPSA) is 50.7 Å². The molecule has 4 nitrogen and oxygen atoms in total. The lowest BCUT2D eigenvalue weighted by Gasteiger charge is -2.35. The zero-order valence-corrected chi connectivity index (χ0v) is 13.6. The molecule has 1 heterocycles. The van der Waals surface area contributed by atoms with Gasteiger partial charge in [-0.15, -0.1) is 0 Å². The lowest BCUT2D eigenvalue weighted by Crippen LogP contribution is -2.52. The standard InChI is InChI=1S/C17H33NO3/c1-2-9-18-17(14-19)8-3-4-16(17)7-12-21-13-15-5-10-20-11-6-15/h15-16,18-19H,2-14H2,1H3. The van der Waals surface area contributed by atoms with Gasteiger partial charge in [0.2, 0.25) is 0 Å². The van der Waals surface area contributed by atoms with Crippen LogP contribution in [0.15, 0.2) is 0 Å². The Kier molecular flexibility index (Phi) is 7.44. The lowest BCUT2D eigenvalue weighted by atomic mass is 9.85. The van der Waals surface area contributed by atoms with E-state index < -0.39 is 0 Å².